The highest BCUT2D eigenvalue weighted by atomic mass is 35.5. The number of hydrogen-bond acceptors (Lipinski definition) is 3. The van der Waals surface area contributed by atoms with Gasteiger partial charge in [-0.2, -0.15) is 5.10 Å². The highest BCUT2D eigenvalue weighted by molar-refractivity contribution is 6.32. The molecular weight excluding hydrogens is 326 g/mol. The molecule has 1 aliphatic carbocycles. The fourth-order valence-corrected chi connectivity index (χ4v) is 3.38. The molecule has 0 spiro atoms. The molecular formula is C18H22ClN3O2. The number of carbonyl (C=O) groups is 1. The van der Waals surface area contributed by atoms with Crippen LogP contribution in [0.1, 0.15) is 48.2 Å². The number of aromatic nitrogens is 2. The third-order valence-electron chi connectivity index (χ3n) is 4.57. The van der Waals surface area contributed by atoms with E-state index >= 15 is 0 Å². The van der Waals surface area contributed by atoms with Crippen molar-refractivity contribution in [2.24, 2.45) is 0 Å². The van der Waals surface area contributed by atoms with Gasteiger partial charge in [0.25, 0.3) is 5.91 Å². The molecule has 1 aliphatic rings. The van der Waals surface area contributed by atoms with Crippen molar-refractivity contribution >= 4 is 17.5 Å². The van der Waals surface area contributed by atoms with E-state index < -0.39 is 5.60 Å². The molecule has 1 saturated carbocycles. The van der Waals surface area contributed by atoms with E-state index in [1.165, 1.54) is 0 Å². The summed E-state index contributed by atoms with van der Waals surface area (Å²) in [6.07, 6.45) is 6.42. The molecule has 1 amide bonds. The molecule has 128 valence electrons. The van der Waals surface area contributed by atoms with Gasteiger partial charge in [-0.05, 0) is 31.9 Å². The Hall–Kier alpha value is -1.85. The molecule has 0 bridgehead atoms. The van der Waals surface area contributed by atoms with Crippen molar-refractivity contribution in [3.05, 3.63) is 46.7 Å². The number of benzene rings is 1. The Morgan fingerprint density at radius 1 is 1.33 bits per heavy atom. The smallest absolute Gasteiger partial charge is 0.272 e. The lowest BCUT2D eigenvalue weighted by Gasteiger charge is -2.32. The van der Waals surface area contributed by atoms with Gasteiger partial charge in [0.1, 0.15) is 0 Å². The Morgan fingerprint density at radius 2 is 2.04 bits per heavy atom. The summed E-state index contributed by atoms with van der Waals surface area (Å²) in [6.45, 7) is 2.11. The Bertz CT molecular complexity index is 736. The Labute approximate surface area is 146 Å². The number of nitrogens with one attached hydrogen (secondary N) is 1. The molecule has 2 N–H and O–H groups in total. The number of amides is 1. The summed E-state index contributed by atoms with van der Waals surface area (Å²) in [5.41, 5.74) is 1.07. The monoisotopic (exact) mass is 347 g/mol. The molecule has 1 heterocycles. The van der Waals surface area contributed by atoms with E-state index in [-0.39, 0.29) is 12.5 Å². The van der Waals surface area contributed by atoms with E-state index in [0.29, 0.717) is 10.7 Å². The topological polar surface area (TPSA) is 67.2 Å². The quantitative estimate of drug-likeness (QED) is 0.892. The van der Waals surface area contributed by atoms with Crippen LogP contribution in [0.25, 0.3) is 5.69 Å². The predicted octanol–water partition coefficient (Wildman–Crippen LogP) is 3.26. The summed E-state index contributed by atoms with van der Waals surface area (Å²) >= 11 is 6.19. The predicted molar refractivity (Wildman–Crippen MR) is 93.7 cm³/mol. The van der Waals surface area contributed by atoms with Crippen molar-refractivity contribution in [2.75, 3.05) is 6.54 Å². The fraction of sp³-hybridized carbons (Fsp3) is 0.444. The molecule has 24 heavy (non-hydrogen) atoms. The van der Waals surface area contributed by atoms with Crippen molar-refractivity contribution in [1.82, 2.24) is 15.1 Å². The average molecular weight is 348 g/mol. The number of aryl methyl sites for hydroxylation is 1. The summed E-state index contributed by atoms with van der Waals surface area (Å²) in [6, 6.07) is 7.35. The van der Waals surface area contributed by atoms with E-state index in [0.717, 1.165) is 43.4 Å². The van der Waals surface area contributed by atoms with Crippen LogP contribution >= 0.6 is 11.6 Å². The second-order valence-corrected chi connectivity index (χ2v) is 6.93. The van der Waals surface area contributed by atoms with Gasteiger partial charge in [0.15, 0.2) is 5.69 Å². The van der Waals surface area contributed by atoms with Gasteiger partial charge in [-0.15, -0.1) is 0 Å². The van der Waals surface area contributed by atoms with Crippen LogP contribution in [0.4, 0.5) is 0 Å². The van der Waals surface area contributed by atoms with Crippen molar-refractivity contribution in [3.63, 3.8) is 0 Å². The third kappa shape index (κ3) is 3.62. The molecule has 1 fully saturated rings. The van der Waals surface area contributed by atoms with Crippen molar-refractivity contribution in [1.29, 1.82) is 0 Å². The minimum Gasteiger partial charge on any atom is -0.388 e. The van der Waals surface area contributed by atoms with Crippen LogP contribution in [0.2, 0.25) is 5.02 Å². The van der Waals surface area contributed by atoms with Gasteiger partial charge in [0.05, 0.1) is 16.3 Å². The number of nitrogens with zero attached hydrogens (tertiary/aromatic N) is 2. The Balaban J connectivity index is 1.73. The lowest BCUT2D eigenvalue weighted by Crippen LogP contribution is -2.44. The van der Waals surface area contributed by atoms with Crippen LogP contribution in [0.3, 0.4) is 0 Å². The van der Waals surface area contributed by atoms with Crippen molar-refractivity contribution < 1.29 is 9.90 Å². The molecule has 2 aromatic rings. The van der Waals surface area contributed by atoms with Crippen LogP contribution < -0.4 is 5.32 Å². The van der Waals surface area contributed by atoms with Crippen LogP contribution in [-0.2, 0) is 0 Å². The highest BCUT2D eigenvalue weighted by Crippen LogP contribution is 2.27. The largest absolute Gasteiger partial charge is 0.388 e. The van der Waals surface area contributed by atoms with E-state index in [4.69, 9.17) is 11.6 Å². The van der Waals surface area contributed by atoms with E-state index in [1.807, 2.05) is 25.1 Å². The van der Waals surface area contributed by atoms with Crippen molar-refractivity contribution in [3.8, 4) is 5.69 Å². The molecule has 0 aliphatic heterocycles. The van der Waals surface area contributed by atoms with Gasteiger partial charge in [0, 0.05) is 18.3 Å². The minimum absolute atomic E-state index is 0.266. The molecule has 5 nitrogen and oxygen atoms in total. The average Bonchev–Trinajstić information content (AvgIpc) is 2.95. The summed E-state index contributed by atoms with van der Waals surface area (Å²) in [7, 11) is 0. The zero-order valence-electron chi connectivity index (χ0n) is 13.8. The first kappa shape index (κ1) is 17.0. The standard InChI is InChI=1S/C18H22ClN3O2/c1-13-11-22(15-8-4-3-7-14(15)19)21-16(13)17(23)20-12-18(24)9-5-2-6-10-18/h3-4,7-8,11,24H,2,5-6,9-10,12H2,1H3,(H,20,23). The molecule has 0 radical (unpaired) electrons. The number of carbonyl (C=O) groups excluding carboxylic acids is 1. The van der Waals surface area contributed by atoms with Gasteiger partial charge in [0.2, 0.25) is 0 Å². The van der Waals surface area contributed by atoms with E-state index in [2.05, 4.69) is 10.4 Å². The molecule has 0 atom stereocenters. The maximum atomic E-state index is 12.4. The van der Waals surface area contributed by atoms with Crippen LogP contribution in [-0.4, -0.2) is 32.9 Å². The SMILES string of the molecule is Cc1cn(-c2ccccc2Cl)nc1C(=O)NCC1(O)CCCCC1. The molecule has 0 saturated heterocycles. The first-order valence-corrected chi connectivity index (χ1v) is 8.68. The summed E-state index contributed by atoms with van der Waals surface area (Å²) < 4.78 is 1.61. The first-order chi connectivity index (χ1) is 11.5. The zero-order valence-corrected chi connectivity index (χ0v) is 14.5. The van der Waals surface area contributed by atoms with Crippen LogP contribution in [0.15, 0.2) is 30.5 Å². The number of para-hydroxylation sites is 1. The number of halogens is 1. The second-order valence-electron chi connectivity index (χ2n) is 6.52. The summed E-state index contributed by atoms with van der Waals surface area (Å²) in [5.74, 6) is -0.266. The summed E-state index contributed by atoms with van der Waals surface area (Å²) in [4.78, 5) is 12.4. The number of hydrogen-bond donors (Lipinski definition) is 2. The first-order valence-electron chi connectivity index (χ1n) is 8.30. The fourth-order valence-electron chi connectivity index (χ4n) is 3.16. The van der Waals surface area contributed by atoms with Gasteiger partial charge >= 0.3 is 0 Å². The van der Waals surface area contributed by atoms with Crippen LogP contribution in [0.5, 0.6) is 0 Å². The minimum atomic E-state index is -0.785. The van der Waals surface area contributed by atoms with Gasteiger partial charge < -0.3 is 10.4 Å². The summed E-state index contributed by atoms with van der Waals surface area (Å²) in [5, 5.41) is 18.3. The van der Waals surface area contributed by atoms with Gasteiger partial charge in [-0.3, -0.25) is 4.79 Å². The molecule has 3 rings (SSSR count). The number of rotatable bonds is 4. The van der Waals surface area contributed by atoms with Gasteiger partial charge in [-0.25, -0.2) is 4.68 Å². The normalized spacial score (nSPS) is 16.8. The zero-order chi connectivity index (χ0) is 17.2. The maximum Gasteiger partial charge on any atom is 0.272 e. The van der Waals surface area contributed by atoms with E-state index in [1.54, 1.807) is 16.9 Å². The molecule has 1 aromatic carbocycles. The van der Waals surface area contributed by atoms with Crippen molar-refractivity contribution in [2.45, 2.75) is 44.6 Å². The maximum absolute atomic E-state index is 12.4. The molecule has 1 aromatic heterocycles. The lowest BCUT2D eigenvalue weighted by molar-refractivity contribution is 0.00520. The highest BCUT2D eigenvalue weighted by Gasteiger charge is 2.30. The molecule has 0 unspecified atom stereocenters. The van der Waals surface area contributed by atoms with Crippen LogP contribution in [0, 0.1) is 6.92 Å². The third-order valence-corrected chi connectivity index (χ3v) is 4.89. The van der Waals surface area contributed by atoms with Gasteiger partial charge in [-0.1, -0.05) is 43.0 Å². The number of aliphatic hydroxyl groups is 1. The molecule has 6 heteroatoms. The Morgan fingerprint density at radius 3 is 2.75 bits per heavy atom. The van der Waals surface area contributed by atoms with E-state index in [9.17, 15) is 9.90 Å². The Kier molecular flexibility index (Phi) is 4.92. The lowest BCUT2D eigenvalue weighted by atomic mass is 9.85. The second kappa shape index (κ2) is 6.95.